The maximum Gasteiger partial charge on any atom is 0.264 e. The van der Waals surface area contributed by atoms with Gasteiger partial charge in [-0.15, -0.1) is 0 Å². The van der Waals surface area contributed by atoms with Gasteiger partial charge in [-0.25, -0.2) is 8.42 Å². The summed E-state index contributed by atoms with van der Waals surface area (Å²) in [4.78, 5) is 14.7. The fourth-order valence-electron chi connectivity index (χ4n) is 3.37. The first-order valence-electron chi connectivity index (χ1n) is 8.98. The number of likely N-dealkylation sites (N-methyl/N-ethyl adjacent to an activating group) is 1. The van der Waals surface area contributed by atoms with E-state index < -0.39 is 10.0 Å². The Morgan fingerprint density at radius 3 is 2.22 bits per heavy atom. The third-order valence-electron chi connectivity index (χ3n) is 4.99. The third-order valence-corrected chi connectivity index (χ3v) is 7.31. The Bertz CT molecular complexity index is 879. The van der Waals surface area contributed by atoms with Crippen LogP contribution in [0.15, 0.2) is 64.0 Å². The summed E-state index contributed by atoms with van der Waals surface area (Å²) in [6.45, 7) is -0.216. The topological polar surface area (TPSA) is 57.7 Å². The van der Waals surface area contributed by atoms with Gasteiger partial charge in [-0.3, -0.25) is 9.10 Å². The smallest absolute Gasteiger partial charge is 0.264 e. The van der Waals surface area contributed by atoms with Crippen LogP contribution in [0.4, 0.5) is 5.69 Å². The molecule has 5 nitrogen and oxygen atoms in total. The molecule has 1 saturated carbocycles. The second-order valence-electron chi connectivity index (χ2n) is 6.74. The standard InChI is InChI=1S/C20H23BrN2O3S/c1-22(17-7-5-6-8-17)20(24)15-23(18-13-11-16(21)12-14-18)27(25,26)19-9-3-2-4-10-19/h2-4,9-14,17H,5-8,15H2,1H3. The maximum atomic E-state index is 13.2. The quantitative estimate of drug-likeness (QED) is 0.666. The van der Waals surface area contributed by atoms with Crippen molar-refractivity contribution in [2.75, 3.05) is 17.9 Å². The number of hydrogen-bond donors (Lipinski definition) is 0. The van der Waals surface area contributed by atoms with Crippen molar-refractivity contribution in [2.45, 2.75) is 36.6 Å². The number of carbonyl (C=O) groups is 1. The van der Waals surface area contributed by atoms with Crippen LogP contribution in [0, 0.1) is 0 Å². The lowest BCUT2D eigenvalue weighted by atomic mass is 10.2. The summed E-state index contributed by atoms with van der Waals surface area (Å²) >= 11 is 3.37. The largest absolute Gasteiger partial charge is 0.341 e. The van der Waals surface area contributed by atoms with E-state index in [-0.39, 0.29) is 23.4 Å². The van der Waals surface area contributed by atoms with Crippen LogP contribution in [-0.4, -0.2) is 38.9 Å². The monoisotopic (exact) mass is 450 g/mol. The molecule has 0 heterocycles. The molecule has 1 fully saturated rings. The summed E-state index contributed by atoms with van der Waals surface area (Å²) in [5, 5.41) is 0. The van der Waals surface area contributed by atoms with E-state index in [1.54, 1.807) is 66.5 Å². The molecule has 3 rings (SSSR count). The minimum Gasteiger partial charge on any atom is -0.341 e. The third kappa shape index (κ3) is 4.52. The van der Waals surface area contributed by atoms with E-state index in [1.807, 2.05) is 0 Å². The van der Waals surface area contributed by atoms with Gasteiger partial charge in [0, 0.05) is 17.6 Å². The van der Waals surface area contributed by atoms with Crippen LogP contribution < -0.4 is 4.31 Å². The van der Waals surface area contributed by atoms with E-state index in [0.29, 0.717) is 5.69 Å². The van der Waals surface area contributed by atoms with Gasteiger partial charge in [-0.05, 0) is 49.2 Å². The van der Waals surface area contributed by atoms with Gasteiger partial charge < -0.3 is 4.90 Å². The predicted molar refractivity (Wildman–Crippen MR) is 110 cm³/mol. The van der Waals surface area contributed by atoms with Crippen molar-refractivity contribution in [2.24, 2.45) is 0 Å². The molecule has 7 heteroatoms. The molecule has 2 aromatic carbocycles. The van der Waals surface area contributed by atoms with E-state index >= 15 is 0 Å². The SMILES string of the molecule is CN(C(=O)CN(c1ccc(Br)cc1)S(=O)(=O)c1ccccc1)C1CCCC1. The van der Waals surface area contributed by atoms with Crippen LogP contribution in [0.25, 0.3) is 0 Å². The lowest BCUT2D eigenvalue weighted by Crippen LogP contribution is -2.44. The molecule has 0 atom stereocenters. The fraction of sp³-hybridized carbons (Fsp3) is 0.350. The molecule has 0 bridgehead atoms. The van der Waals surface area contributed by atoms with E-state index in [9.17, 15) is 13.2 Å². The van der Waals surface area contributed by atoms with Gasteiger partial charge in [0.05, 0.1) is 10.6 Å². The molecule has 1 aliphatic carbocycles. The molecule has 144 valence electrons. The lowest BCUT2D eigenvalue weighted by molar-refractivity contribution is -0.130. The Morgan fingerprint density at radius 1 is 1.04 bits per heavy atom. The van der Waals surface area contributed by atoms with Crippen molar-refractivity contribution < 1.29 is 13.2 Å². The van der Waals surface area contributed by atoms with Crippen LogP contribution in [0.1, 0.15) is 25.7 Å². The normalized spacial score (nSPS) is 14.9. The summed E-state index contributed by atoms with van der Waals surface area (Å²) in [5.41, 5.74) is 0.468. The number of hydrogen-bond acceptors (Lipinski definition) is 3. The highest BCUT2D eigenvalue weighted by atomic mass is 79.9. The Labute approximate surface area is 169 Å². The van der Waals surface area contributed by atoms with Crippen LogP contribution in [-0.2, 0) is 14.8 Å². The zero-order valence-corrected chi connectivity index (χ0v) is 17.6. The van der Waals surface area contributed by atoms with Gasteiger partial charge >= 0.3 is 0 Å². The Kier molecular flexibility index (Phi) is 6.22. The maximum absolute atomic E-state index is 13.2. The number of amides is 1. The zero-order valence-electron chi connectivity index (χ0n) is 15.2. The number of sulfonamides is 1. The highest BCUT2D eigenvalue weighted by Crippen LogP contribution is 2.27. The number of rotatable bonds is 6. The van der Waals surface area contributed by atoms with Crippen molar-refractivity contribution in [1.82, 2.24) is 4.90 Å². The van der Waals surface area contributed by atoms with Gasteiger partial charge in [0.15, 0.2) is 0 Å². The van der Waals surface area contributed by atoms with Crippen LogP contribution in [0.3, 0.4) is 0 Å². The summed E-state index contributed by atoms with van der Waals surface area (Å²) in [6.07, 6.45) is 4.18. The Hall–Kier alpha value is -1.86. The van der Waals surface area contributed by atoms with E-state index in [4.69, 9.17) is 0 Å². The fourth-order valence-corrected chi connectivity index (χ4v) is 5.07. The summed E-state index contributed by atoms with van der Waals surface area (Å²) in [6, 6.07) is 15.4. The molecule has 0 radical (unpaired) electrons. The summed E-state index contributed by atoms with van der Waals surface area (Å²) in [7, 11) is -2.08. The number of carbonyl (C=O) groups excluding carboxylic acids is 1. The minimum absolute atomic E-state index is 0.171. The highest BCUT2D eigenvalue weighted by Gasteiger charge is 2.30. The van der Waals surface area contributed by atoms with Crippen LogP contribution >= 0.6 is 15.9 Å². The predicted octanol–water partition coefficient (Wildman–Crippen LogP) is 4.05. The molecule has 1 amide bonds. The molecule has 2 aromatic rings. The van der Waals surface area contributed by atoms with Crippen molar-refractivity contribution >= 4 is 37.5 Å². The molecule has 0 unspecified atom stereocenters. The highest BCUT2D eigenvalue weighted by molar-refractivity contribution is 9.10. The number of benzene rings is 2. The first-order chi connectivity index (χ1) is 12.9. The number of nitrogens with zero attached hydrogens (tertiary/aromatic N) is 2. The van der Waals surface area contributed by atoms with E-state index in [1.165, 1.54) is 4.31 Å². The first-order valence-corrected chi connectivity index (χ1v) is 11.2. The summed E-state index contributed by atoms with van der Waals surface area (Å²) in [5.74, 6) is -0.190. The van der Waals surface area contributed by atoms with Crippen molar-refractivity contribution in [3.05, 3.63) is 59.1 Å². The Balaban J connectivity index is 1.92. The average Bonchev–Trinajstić information content (AvgIpc) is 3.21. The molecule has 0 N–H and O–H groups in total. The minimum atomic E-state index is -3.85. The van der Waals surface area contributed by atoms with Gasteiger partial charge in [0.1, 0.15) is 6.54 Å². The van der Waals surface area contributed by atoms with Gasteiger partial charge in [0.2, 0.25) is 5.91 Å². The second kappa shape index (κ2) is 8.44. The van der Waals surface area contributed by atoms with Gasteiger partial charge in [0.25, 0.3) is 10.0 Å². The molecule has 27 heavy (non-hydrogen) atoms. The zero-order chi connectivity index (χ0) is 19.4. The number of anilines is 1. The number of halogens is 1. The van der Waals surface area contributed by atoms with Crippen LogP contribution in [0.2, 0.25) is 0 Å². The lowest BCUT2D eigenvalue weighted by Gasteiger charge is -2.29. The van der Waals surface area contributed by atoms with Gasteiger partial charge in [-0.1, -0.05) is 47.0 Å². The molecule has 0 aromatic heterocycles. The second-order valence-corrected chi connectivity index (χ2v) is 9.52. The average molecular weight is 451 g/mol. The van der Waals surface area contributed by atoms with Crippen molar-refractivity contribution in [3.8, 4) is 0 Å². The molecule has 1 aliphatic rings. The van der Waals surface area contributed by atoms with Gasteiger partial charge in [-0.2, -0.15) is 0 Å². The van der Waals surface area contributed by atoms with Crippen LogP contribution in [0.5, 0.6) is 0 Å². The Morgan fingerprint density at radius 2 is 1.63 bits per heavy atom. The van der Waals surface area contributed by atoms with E-state index in [2.05, 4.69) is 15.9 Å². The van der Waals surface area contributed by atoms with Crippen molar-refractivity contribution in [3.63, 3.8) is 0 Å². The molecule has 0 spiro atoms. The first kappa shape index (κ1) is 19.9. The molecular weight excluding hydrogens is 428 g/mol. The summed E-state index contributed by atoms with van der Waals surface area (Å²) < 4.78 is 28.5. The molecular formula is C20H23BrN2O3S. The molecule has 0 saturated heterocycles. The van der Waals surface area contributed by atoms with E-state index in [0.717, 1.165) is 30.2 Å². The van der Waals surface area contributed by atoms with Crippen molar-refractivity contribution in [1.29, 1.82) is 0 Å². The molecule has 0 aliphatic heterocycles.